The van der Waals surface area contributed by atoms with E-state index in [0.717, 1.165) is 12.5 Å². The van der Waals surface area contributed by atoms with Crippen molar-refractivity contribution in [1.29, 1.82) is 0 Å². The Kier molecular flexibility index (Phi) is 4.45. The van der Waals surface area contributed by atoms with E-state index in [1.807, 2.05) is 25.9 Å². The van der Waals surface area contributed by atoms with E-state index in [0.29, 0.717) is 5.69 Å². The van der Waals surface area contributed by atoms with Crippen LogP contribution in [0.25, 0.3) is 0 Å². The first-order chi connectivity index (χ1) is 7.95. The van der Waals surface area contributed by atoms with Gasteiger partial charge in [0, 0.05) is 5.69 Å². The molecular formula is C12H18FN3O. The molecule has 0 fully saturated rings. The highest BCUT2D eigenvalue weighted by atomic mass is 19.1. The lowest BCUT2D eigenvalue weighted by atomic mass is 10.1. The first kappa shape index (κ1) is 13.4. The monoisotopic (exact) mass is 239 g/mol. The highest BCUT2D eigenvalue weighted by Gasteiger charge is 2.14. The van der Waals surface area contributed by atoms with Crippen LogP contribution in [0, 0.1) is 5.82 Å². The lowest BCUT2D eigenvalue weighted by molar-refractivity contribution is 0.100. The summed E-state index contributed by atoms with van der Waals surface area (Å²) in [6.45, 7) is 2.02. The molecule has 4 nitrogen and oxygen atoms in total. The summed E-state index contributed by atoms with van der Waals surface area (Å²) in [6.07, 6.45) is 0.918. The summed E-state index contributed by atoms with van der Waals surface area (Å²) in [7, 11) is 3.85. The summed E-state index contributed by atoms with van der Waals surface area (Å²) in [5.74, 6) is -1.11. The summed E-state index contributed by atoms with van der Waals surface area (Å²) in [6, 6.07) is 3.98. The van der Waals surface area contributed by atoms with Gasteiger partial charge in [-0.2, -0.15) is 0 Å². The Hall–Kier alpha value is -1.62. The molecule has 0 aliphatic heterocycles. The van der Waals surface area contributed by atoms with E-state index < -0.39 is 11.7 Å². The number of carbonyl (C=O) groups excluding carboxylic acids is 1. The van der Waals surface area contributed by atoms with E-state index in [9.17, 15) is 9.18 Å². The molecule has 1 unspecified atom stereocenters. The number of amides is 1. The Balaban J connectivity index is 3.01. The van der Waals surface area contributed by atoms with Crippen molar-refractivity contribution >= 4 is 11.6 Å². The van der Waals surface area contributed by atoms with Crippen LogP contribution in [0.2, 0.25) is 0 Å². The fraction of sp³-hybridized carbons (Fsp3) is 0.417. The zero-order valence-electron chi connectivity index (χ0n) is 10.3. The zero-order chi connectivity index (χ0) is 13.0. The lowest BCUT2D eigenvalue weighted by Crippen LogP contribution is -2.35. The normalized spacial score (nSPS) is 12.5. The van der Waals surface area contributed by atoms with Gasteiger partial charge in [-0.05, 0) is 38.7 Å². The first-order valence-corrected chi connectivity index (χ1v) is 5.48. The van der Waals surface area contributed by atoms with Gasteiger partial charge in [0.1, 0.15) is 5.82 Å². The topological polar surface area (TPSA) is 58.4 Å². The molecule has 0 aliphatic carbocycles. The number of hydrogen-bond donors (Lipinski definition) is 2. The minimum atomic E-state index is -0.638. The zero-order valence-corrected chi connectivity index (χ0v) is 10.3. The molecule has 0 saturated carbocycles. The highest BCUT2D eigenvalue weighted by Crippen LogP contribution is 2.18. The molecule has 17 heavy (non-hydrogen) atoms. The molecule has 0 aliphatic rings. The third kappa shape index (κ3) is 3.42. The molecule has 5 heteroatoms. The van der Waals surface area contributed by atoms with E-state index >= 15 is 0 Å². The van der Waals surface area contributed by atoms with Gasteiger partial charge in [-0.15, -0.1) is 0 Å². The van der Waals surface area contributed by atoms with Crippen molar-refractivity contribution in [3.8, 4) is 0 Å². The second-order valence-electron chi connectivity index (χ2n) is 4.09. The standard InChI is InChI=1S/C12H18FN3O/c1-4-11(16(2)3)15-10-6-5-8(13)7-9(10)12(14)17/h5-7,11,15H,4H2,1-3H3,(H2,14,17). The van der Waals surface area contributed by atoms with Gasteiger partial charge in [0.15, 0.2) is 0 Å². The number of nitrogens with two attached hydrogens (primary N) is 1. The molecule has 0 saturated heterocycles. The third-order valence-electron chi connectivity index (χ3n) is 2.58. The number of anilines is 1. The van der Waals surface area contributed by atoms with Crippen LogP contribution in [-0.4, -0.2) is 31.1 Å². The molecule has 94 valence electrons. The predicted molar refractivity (Wildman–Crippen MR) is 66.3 cm³/mol. The van der Waals surface area contributed by atoms with Gasteiger partial charge >= 0.3 is 0 Å². The number of primary amides is 1. The fourth-order valence-corrected chi connectivity index (χ4v) is 1.62. The maximum Gasteiger partial charge on any atom is 0.250 e. The summed E-state index contributed by atoms with van der Waals surface area (Å²) in [5.41, 5.74) is 5.94. The first-order valence-electron chi connectivity index (χ1n) is 5.48. The Morgan fingerprint density at radius 2 is 2.18 bits per heavy atom. The molecule has 0 radical (unpaired) electrons. The van der Waals surface area contributed by atoms with Gasteiger partial charge in [-0.25, -0.2) is 4.39 Å². The predicted octanol–water partition coefficient (Wildman–Crippen LogP) is 1.63. The van der Waals surface area contributed by atoms with Gasteiger partial charge < -0.3 is 11.1 Å². The van der Waals surface area contributed by atoms with E-state index in [1.54, 1.807) is 0 Å². The Morgan fingerprint density at radius 1 is 1.53 bits per heavy atom. The quantitative estimate of drug-likeness (QED) is 0.768. The maximum absolute atomic E-state index is 13.0. The van der Waals surface area contributed by atoms with Gasteiger partial charge in [-0.1, -0.05) is 6.92 Å². The molecular weight excluding hydrogens is 221 g/mol. The molecule has 1 aromatic rings. The molecule has 1 atom stereocenters. The minimum absolute atomic E-state index is 0.0681. The second kappa shape index (κ2) is 5.63. The number of nitrogens with one attached hydrogen (secondary N) is 1. The van der Waals surface area contributed by atoms with Crippen LogP contribution in [-0.2, 0) is 0 Å². The van der Waals surface area contributed by atoms with Crippen LogP contribution in [0.5, 0.6) is 0 Å². The molecule has 1 amide bonds. The van der Waals surface area contributed by atoms with E-state index in [-0.39, 0.29) is 11.7 Å². The summed E-state index contributed by atoms with van der Waals surface area (Å²) >= 11 is 0. The number of halogens is 1. The molecule has 0 aromatic heterocycles. The molecule has 1 rings (SSSR count). The van der Waals surface area contributed by atoms with Crippen LogP contribution < -0.4 is 11.1 Å². The molecule has 3 N–H and O–H groups in total. The Bertz CT molecular complexity index is 407. The molecule has 1 aromatic carbocycles. The SMILES string of the molecule is CCC(Nc1ccc(F)cc1C(N)=O)N(C)C. The molecule has 0 bridgehead atoms. The Morgan fingerprint density at radius 3 is 2.65 bits per heavy atom. The summed E-state index contributed by atoms with van der Waals surface area (Å²) in [5, 5.41) is 3.16. The van der Waals surface area contributed by atoms with Crippen molar-refractivity contribution in [2.75, 3.05) is 19.4 Å². The number of carbonyl (C=O) groups is 1. The van der Waals surface area contributed by atoms with Crippen LogP contribution in [0.15, 0.2) is 18.2 Å². The summed E-state index contributed by atoms with van der Waals surface area (Å²) < 4.78 is 13.0. The number of hydrogen-bond acceptors (Lipinski definition) is 3. The largest absolute Gasteiger partial charge is 0.369 e. The van der Waals surface area contributed by atoms with Crippen molar-refractivity contribution in [3.05, 3.63) is 29.6 Å². The van der Waals surface area contributed by atoms with E-state index in [4.69, 9.17) is 5.73 Å². The van der Waals surface area contributed by atoms with Crippen LogP contribution in [0.3, 0.4) is 0 Å². The van der Waals surface area contributed by atoms with Crippen molar-refractivity contribution in [2.45, 2.75) is 19.5 Å². The smallest absolute Gasteiger partial charge is 0.250 e. The highest BCUT2D eigenvalue weighted by molar-refractivity contribution is 5.98. The average molecular weight is 239 g/mol. The Labute approximate surface area is 101 Å². The van der Waals surface area contributed by atoms with Crippen molar-refractivity contribution < 1.29 is 9.18 Å². The molecule has 0 spiro atoms. The van der Waals surface area contributed by atoms with Gasteiger partial charge in [0.2, 0.25) is 0 Å². The van der Waals surface area contributed by atoms with Crippen LogP contribution in [0.4, 0.5) is 10.1 Å². The van der Waals surface area contributed by atoms with Gasteiger partial charge in [0.25, 0.3) is 5.91 Å². The number of nitrogens with zero attached hydrogens (tertiary/aromatic N) is 1. The lowest BCUT2D eigenvalue weighted by Gasteiger charge is -2.26. The summed E-state index contributed by atoms with van der Waals surface area (Å²) in [4.78, 5) is 13.2. The third-order valence-corrected chi connectivity index (χ3v) is 2.58. The van der Waals surface area contributed by atoms with Crippen LogP contribution >= 0.6 is 0 Å². The average Bonchev–Trinajstić information content (AvgIpc) is 2.26. The second-order valence-corrected chi connectivity index (χ2v) is 4.09. The van der Waals surface area contributed by atoms with Gasteiger partial charge in [0.05, 0.1) is 11.7 Å². The molecule has 0 heterocycles. The van der Waals surface area contributed by atoms with Gasteiger partial charge in [-0.3, -0.25) is 9.69 Å². The van der Waals surface area contributed by atoms with Crippen molar-refractivity contribution in [1.82, 2.24) is 4.90 Å². The van der Waals surface area contributed by atoms with E-state index in [2.05, 4.69) is 5.32 Å². The van der Waals surface area contributed by atoms with Crippen molar-refractivity contribution in [2.24, 2.45) is 5.73 Å². The van der Waals surface area contributed by atoms with Crippen molar-refractivity contribution in [3.63, 3.8) is 0 Å². The number of rotatable bonds is 5. The van der Waals surface area contributed by atoms with Crippen LogP contribution in [0.1, 0.15) is 23.7 Å². The maximum atomic E-state index is 13.0. The fourth-order valence-electron chi connectivity index (χ4n) is 1.62. The minimum Gasteiger partial charge on any atom is -0.369 e. The number of benzene rings is 1. The van der Waals surface area contributed by atoms with E-state index in [1.165, 1.54) is 12.1 Å².